The summed E-state index contributed by atoms with van der Waals surface area (Å²) < 4.78 is 24.6. The molecule has 5 heteroatoms. The van der Waals surface area contributed by atoms with Crippen molar-refractivity contribution in [3.8, 4) is 0 Å². The van der Waals surface area contributed by atoms with Gasteiger partial charge in [-0.25, -0.2) is 8.42 Å². The molecule has 2 aromatic rings. The molecule has 0 fully saturated rings. The Balaban J connectivity index is 1.95. The first-order valence-corrected chi connectivity index (χ1v) is 9.93. The average molecular weight is 359 g/mol. The molecule has 0 aliphatic heterocycles. The number of aryl methyl sites for hydroxylation is 1. The van der Waals surface area contributed by atoms with Crippen molar-refractivity contribution >= 4 is 21.4 Å². The van der Waals surface area contributed by atoms with Crippen molar-refractivity contribution in [2.75, 3.05) is 11.1 Å². The first-order chi connectivity index (χ1) is 11.6. The van der Waals surface area contributed by atoms with Gasteiger partial charge in [0.1, 0.15) is 0 Å². The highest BCUT2D eigenvalue weighted by molar-refractivity contribution is 7.91. The average Bonchev–Trinajstić information content (AvgIpc) is 2.53. The third-order valence-corrected chi connectivity index (χ3v) is 5.74. The second-order valence-electron chi connectivity index (χ2n) is 7.26. The van der Waals surface area contributed by atoms with Crippen LogP contribution < -0.4 is 5.32 Å². The van der Waals surface area contributed by atoms with Crippen molar-refractivity contribution in [3.05, 3.63) is 59.7 Å². The van der Waals surface area contributed by atoms with Crippen LogP contribution in [-0.2, 0) is 20.0 Å². The zero-order valence-electron chi connectivity index (χ0n) is 15.2. The molecule has 0 unspecified atom stereocenters. The van der Waals surface area contributed by atoms with Crippen LogP contribution in [0.4, 0.5) is 5.69 Å². The Morgan fingerprint density at radius 2 is 1.52 bits per heavy atom. The summed E-state index contributed by atoms with van der Waals surface area (Å²) in [6.07, 6.45) is -0.0722. The standard InChI is InChI=1S/C20H25NO3S/c1-15-5-11-18(12-6-15)25(23,24)14-13-19(22)21-17-9-7-16(8-10-17)20(2,3)4/h5-12H,13-14H2,1-4H3,(H,21,22). The van der Waals surface area contributed by atoms with Crippen LogP contribution in [0.3, 0.4) is 0 Å². The van der Waals surface area contributed by atoms with Crippen LogP contribution in [0.2, 0.25) is 0 Å². The number of sulfone groups is 1. The van der Waals surface area contributed by atoms with Crippen molar-refractivity contribution in [3.63, 3.8) is 0 Å². The van der Waals surface area contributed by atoms with Crippen LogP contribution in [-0.4, -0.2) is 20.1 Å². The molecule has 1 amide bonds. The Morgan fingerprint density at radius 1 is 0.960 bits per heavy atom. The molecule has 25 heavy (non-hydrogen) atoms. The first-order valence-electron chi connectivity index (χ1n) is 8.28. The lowest BCUT2D eigenvalue weighted by Crippen LogP contribution is -2.17. The van der Waals surface area contributed by atoms with E-state index in [1.165, 1.54) is 5.56 Å². The number of amides is 1. The Labute approximate surface area is 150 Å². The fourth-order valence-electron chi connectivity index (χ4n) is 2.37. The molecule has 0 saturated carbocycles. The SMILES string of the molecule is Cc1ccc(S(=O)(=O)CCC(=O)Nc2ccc(C(C)(C)C)cc2)cc1. The summed E-state index contributed by atoms with van der Waals surface area (Å²) in [5, 5.41) is 2.75. The first kappa shape index (κ1) is 19.2. The summed E-state index contributed by atoms with van der Waals surface area (Å²) in [7, 11) is -3.45. The van der Waals surface area contributed by atoms with E-state index in [1.54, 1.807) is 24.3 Å². The van der Waals surface area contributed by atoms with E-state index in [4.69, 9.17) is 0 Å². The van der Waals surface area contributed by atoms with Gasteiger partial charge in [-0.15, -0.1) is 0 Å². The van der Waals surface area contributed by atoms with Gasteiger partial charge in [-0.1, -0.05) is 50.6 Å². The molecule has 0 aliphatic carbocycles. The van der Waals surface area contributed by atoms with E-state index in [0.29, 0.717) is 5.69 Å². The number of rotatable bonds is 5. The number of hydrogen-bond acceptors (Lipinski definition) is 3. The van der Waals surface area contributed by atoms with Crippen molar-refractivity contribution in [1.29, 1.82) is 0 Å². The smallest absolute Gasteiger partial charge is 0.225 e. The van der Waals surface area contributed by atoms with Gasteiger partial charge in [0.05, 0.1) is 10.6 Å². The highest BCUT2D eigenvalue weighted by atomic mass is 32.2. The molecule has 2 rings (SSSR count). The largest absolute Gasteiger partial charge is 0.326 e. The van der Waals surface area contributed by atoms with Gasteiger partial charge < -0.3 is 5.32 Å². The second kappa shape index (κ2) is 7.40. The van der Waals surface area contributed by atoms with E-state index in [1.807, 2.05) is 31.2 Å². The quantitative estimate of drug-likeness (QED) is 0.874. The van der Waals surface area contributed by atoms with Crippen LogP contribution in [0.25, 0.3) is 0 Å². The summed E-state index contributed by atoms with van der Waals surface area (Å²) in [5.41, 5.74) is 2.89. The van der Waals surface area contributed by atoms with Crippen molar-refractivity contribution in [2.24, 2.45) is 0 Å². The van der Waals surface area contributed by atoms with Crippen LogP contribution in [0, 0.1) is 6.92 Å². The number of anilines is 1. The molecule has 0 aromatic heterocycles. The van der Waals surface area contributed by atoms with Crippen LogP contribution in [0.1, 0.15) is 38.3 Å². The lowest BCUT2D eigenvalue weighted by atomic mass is 9.87. The van der Waals surface area contributed by atoms with E-state index in [-0.39, 0.29) is 28.4 Å². The second-order valence-corrected chi connectivity index (χ2v) is 9.37. The molecule has 4 nitrogen and oxygen atoms in total. The van der Waals surface area contributed by atoms with E-state index in [9.17, 15) is 13.2 Å². The zero-order chi connectivity index (χ0) is 18.7. The van der Waals surface area contributed by atoms with Crippen molar-refractivity contribution in [1.82, 2.24) is 0 Å². The van der Waals surface area contributed by atoms with Crippen LogP contribution in [0.15, 0.2) is 53.4 Å². The Hall–Kier alpha value is -2.14. The minimum atomic E-state index is -3.45. The minimum Gasteiger partial charge on any atom is -0.326 e. The molecular formula is C20H25NO3S. The van der Waals surface area contributed by atoms with Crippen molar-refractivity contribution in [2.45, 2.75) is 44.4 Å². The summed E-state index contributed by atoms with van der Waals surface area (Å²) >= 11 is 0. The van der Waals surface area contributed by atoms with Gasteiger partial charge in [-0.05, 0) is 42.2 Å². The molecule has 1 N–H and O–H groups in total. The maximum absolute atomic E-state index is 12.3. The molecule has 0 aliphatic rings. The number of benzene rings is 2. The predicted octanol–water partition coefficient (Wildman–Crippen LogP) is 4.10. The van der Waals surface area contributed by atoms with Crippen molar-refractivity contribution < 1.29 is 13.2 Å². The maximum atomic E-state index is 12.3. The van der Waals surface area contributed by atoms with E-state index >= 15 is 0 Å². The maximum Gasteiger partial charge on any atom is 0.225 e. The van der Waals surface area contributed by atoms with Gasteiger partial charge in [0.15, 0.2) is 9.84 Å². The normalized spacial score (nSPS) is 12.0. The minimum absolute atomic E-state index is 0.0463. The fraction of sp³-hybridized carbons (Fsp3) is 0.350. The Bertz CT molecular complexity index is 830. The number of hydrogen-bond donors (Lipinski definition) is 1. The Morgan fingerprint density at radius 3 is 2.04 bits per heavy atom. The van der Waals surface area contributed by atoms with E-state index < -0.39 is 9.84 Å². The molecule has 0 atom stereocenters. The van der Waals surface area contributed by atoms with Gasteiger partial charge in [-0.2, -0.15) is 0 Å². The third-order valence-electron chi connectivity index (χ3n) is 4.01. The van der Waals surface area contributed by atoms with Gasteiger partial charge in [-0.3, -0.25) is 4.79 Å². The summed E-state index contributed by atoms with van der Waals surface area (Å²) in [5.74, 6) is -0.513. The van der Waals surface area contributed by atoms with E-state index in [2.05, 4.69) is 26.1 Å². The van der Waals surface area contributed by atoms with Gasteiger partial charge in [0.2, 0.25) is 5.91 Å². The molecule has 2 aromatic carbocycles. The molecule has 0 saturated heterocycles. The lowest BCUT2D eigenvalue weighted by molar-refractivity contribution is -0.115. The lowest BCUT2D eigenvalue weighted by Gasteiger charge is -2.19. The highest BCUT2D eigenvalue weighted by Crippen LogP contribution is 2.23. The Kier molecular flexibility index (Phi) is 5.68. The molecule has 0 radical (unpaired) electrons. The molecule has 0 bridgehead atoms. The zero-order valence-corrected chi connectivity index (χ0v) is 16.0. The summed E-state index contributed by atoms with van der Waals surface area (Å²) in [6, 6.07) is 14.3. The van der Waals surface area contributed by atoms with E-state index in [0.717, 1.165) is 5.56 Å². The number of nitrogens with one attached hydrogen (secondary N) is 1. The molecular weight excluding hydrogens is 334 g/mol. The number of carbonyl (C=O) groups excluding carboxylic acids is 1. The topological polar surface area (TPSA) is 63.2 Å². The molecule has 0 heterocycles. The highest BCUT2D eigenvalue weighted by Gasteiger charge is 2.17. The summed E-state index contributed by atoms with van der Waals surface area (Å²) in [4.78, 5) is 12.3. The third kappa shape index (κ3) is 5.43. The molecule has 0 spiro atoms. The predicted molar refractivity (Wildman–Crippen MR) is 102 cm³/mol. The van der Waals surface area contributed by atoms with Gasteiger partial charge >= 0.3 is 0 Å². The fourth-order valence-corrected chi connectivity index (χ4v) is 3.61. The van der Waals surface area contributed by atoms with Crippen LogP contribution in [0.5, 0.6) is 0 Å². The van der Waals surface area contributed by atoms with Gasteiger partial charge in [0, 0.05) is 12.1 Å². The monoisotopic (exact) mass is 359 g/mol. The van der Waals surface area contributed by atoms with Gasteiger partial charge in [0.25, 0.3) is 0 Å². The molecule has 134 valence electrons. The summed E-state index contributed by atoms with van der Waals surface area (Å²) in [6.45, 7) is 8.26. The van der Waals surface area contributed by atoms with Crippen LogP contribution >= 0.6 is 0 Å². The number of carbonyl (C=O) groups is 1.